The standard InChI is InChI=1S/C18H21FN2/c1-14-12-16(8-9-17(14)19)21-11-10-20-18(2,13-21)15-6-4-3-5-7-15/h3-9,12,20H,10-11,13H2,1-2H3. The van der Waals surface area contributed by atoms with Gasteiger partial charge in [0.15, 0.2) is 0 Å². The second-order valence-corrected chi connectivity index (χ2v) is 5.98. The van der Waals surface area contributed by atoms with Gasteiger partial charge in [-0.2, -0.15) is 0 Å². The number of nitrogens with one attached hydrogen (secondary N) is 1. The molecule has 110 valence electrons. The molecule has 1 aliphatic heterocycles. The topological polar surface area (TPSA) is 15.3 Å². The van der Waals surface area contributed by atoms with Gasteiger partial charge in [-0.05, 0) is 43.2 Å². The van der Waals surface area contributed by atoms with Crippen LogP contribution in [-0.4, -0.2) is 19.6 Å². The normalized spacial score (nSPS) is 22.3. The SMILES string of the molecule is Cc1cc(N2CCNC(C)(c3ccccc3)C2)ccc1F. The predicted octanol–water partition coefficient (Wildman–Crippen LogP) is 3.46. The highest BCUT2D eigenvalue weighted by atomic mass is 19.1. The lowest BCUT2D eigenvalue weighted by molar-refractivity contribution is 0.332. The smallest absolute Gasteiger partial charge is 0.126 e. The van der Waals surface area contributed by atoms with Gasteiger partial charge in [0.05, 0.1) is 5.54 Å². The monoisotopic (exact) mass is 284 g/mol. The van der Waals surface area contributed by atoms with Crippen LogP contribution >= 0.6 is 0 Å². The Bertz CT molecular complexity index is 626. The number of rotatable bonds is 2. The molecule has 21 heavy (non-hydrogen) atoms. The van der Waals surface area contributed by atoms with Crippen LogP contribution in [0.25, 0.3) is 0 Å². The van der Waals surface area contributed by atoms with Crippen molar-refractivity contribution >= 4 is 5.69 Å². The second-order valence-electron chi connectivity index (χ2n) is 5.98. The van der Waals surface area contributed by atoms with Crippen LogP contribution in [0, 0.1) is 12.7 Å². The number of hydrogen-bond acceptors (Lipinski definition) is 2. The van der Waals surface area contributed by atoms with Crippen LogP contribution < -0.4 is 10.2 Å². The van der Waals surface area contributed by atoms with Crippen molar-refractivity contribution in [2.75, 3.05) is 24.5 Å². The Balaban J connectivity index is 1.87. The van der Waals surface area contributed by atoms with Crippen molar-refractivity contribution in [2.45, 2.75) is 19.4 Å². The molecular weight excluding hydrogens is 263 g/mol. The average molecular weight is 284 g/mol. The molecule has 1 atom stereocenters. The number of anilines is 1. The number of halogens is 1. The third kappa shape index (κ3) is 2.79. The van der Waals surface area contributed by atoms with Gasteiger partial charge in [0.2, 0.25) is 0 Å². The van der Waals surface area contributed by atoms with Crippen LogP contribution in [-0.2, 0) is 5.54 Å². The largest absolute Gasteiger partial charge is 0.368 e. The minimum Gasteiger partial charge on any atom is -0.368 e. The lowest BCUT2D eigenvalue weighted by Gasteiger charge is -2.43. The molecule has 0 aliphatic carbocycles. The Kier molecular flexibility index (Phi) is 3.68. The van der Waals surface area contributed by atoms with Gasteiger partial charge < -0.3 is 10.2 Å². The molecule has 2 aromatic rings. The van der Waals surface area contributed by atoms with Gasteiger partial charge in [-0.15, -0.1) is 0 Å². The summed E-state index contributed by atoms with van der Waals surface area (Å²) in [5.41, 5.74) is 3.00. The van der Waals surface area contributed by atoms with Gasteiger partial charge in [-0.1, -0.05) is 30.3 Å². The summed E-state index contributed by atoms with van der Waals surface area (Å²) in [6.45, 7) is 6.78. The Hall–Kier alpha value is -1.87. The summed E-state index contributed by atoms with van der Waals surface area (Å²) in [6.07, 6.45) is 0. The summed E-state index contributed by atoms with van der Waals surface area (Å²) in [4.78, 5) is 2.33. The van der Waals surface area contributed by atoms with Gasteiger partial charge in [-0.3, -0.25) is 0 Å². The molecule has 0 bridgehead atoms. The molecule has 2 aromatic carbocycles. The number of hydrogen-bond donors (Lipinski definition) is 1. The highest BCUT2D eigenvalue weighted by Crippen LogP contribution is 2.28. The van der Waals surface area contributed by atoms with E-state index in [1.165, 1.54) is 5.56 Å². The van der Waals surface area contributed by atoms with Gasteiger partial charge in [0.25, 0.3) is 0 Å². The van der Waals surface area contributed by atoms with E-state index in [1.54, 1.807) is 6.07 Å². The highest BCUT2D eigenvalue weighted by Gasteiger charge is 2.32. The molecule has 0 spiro atoms. The van der Waals surface area contributed by atoms with E-state index in [0.717, 1.165) is 25.3 Å². The molecule has 0 amide bonds. The van der Waals surface area contributed by atoms with Crippen molar-refractivity contribution in [3.8, 4) is 0 Å². The van der Waals surface area contributed by atoms with Crippen molar-refractivity contribution in [3.05, 3.63) is 65.5 Å². The summed E-state index contributed by atoms with van der Waals surface area (Å²) < 4.78 is 13.5. The Morgan fingerprint density at radius 1 is 1.14 bits per heavy atom. The van der Waals surface area contributed by atoms with Crippen LogP contribution in [0.15, 0.2) is 48.5 Å². The van der Waals surface area contributed by atoms with E-state index in [-0.39, 0.29) is 11.4 Å². The fourth-order valence-corrected chi connectivity index (χ4v) is 3.03. The maximum absolute atomic E-state index is 13.5. The van der Waals surface area contributed by atoms with Gasteiger partial charge >= 0.3 is 0 Å². The van der Waals surface area contributed by atoms with Crippen LogP contribution in [0.3, 0.4) is 0 Å². The summed E-state index contributed by atoms with van der Waals surface area (Å²) in [5, 5.41) is 3.62. The summed E-state index contributed by atoms with van der Waals surface area (Å²) >= 11 is 0. The van der Waals surface area contributed by atoms with Crippen LogP contribution in [0.1, 0.15) is 18.1 Å². The van der Waals surface area contributed by atoms with E-state index in [4.69, 9.17) is 0 Å². The van der Waals surface area contributed by atoms with E-state index in [1.807, 2.05) is 25.1 Å². The maximum atomic E-state index is 13.5. The number of piperazine rings is 1. The van der Waals surface area contributed by atoms with Crippen LogP contribution in [0.5, 0.6) is 0 Å². The summed E-state index contributed by atoms with van der Waals surface area (Å²) in [6, 6.07) is 15.9. The van der Waals surface area contributed by atoms with Crippen molar-refractivity contribution < 1.29 is 4.39 Å². The van der Waals surface area contributed by atoms with Crippen molar-refractivity contribution in [1.82, 2.24) is 5.32 Å². The number of benzene rings is 2. The van der Waals surface area contributed by atoms with Crippen LogP contribution in [0.4, 0.5) is 10.1 Å². The molecule has 1 saturated heterocycles. The second kappa shape index (κ2) is 5.49. The molecule has 1 unspecified atom stereocenters. The molecule has 3 rings (SSSR count). The van der Waals surface area contributed by atoms with Crippen LogP contribution in [0.2, 0.25) is 0 Å². The summed E-state index contributed by atoms with van der Waals surface area (Å²) in [5.74, 6) is -0.139. The molecule has 1 aliphatic rings. The van der Waals surface area contributed by atoms with E-state index in [9.17, 15) is 4.39 Å². The molecule has 1 heterocycles. The molecule has 1 fully saturated rings. The van der Waals surface area contributed by atoms with Crippen molar-refractivity contribution in [1.29, 1.82) is 0 Å². The zero-order chi connectivity index (χ0) is 14.9. The molecule has 0 saturated carbocycles. The van der Waals surface area contributed by atoms with E-state index in [2.05, 4.69) is 41.4 Å². The molecule has 1 N–H and O–H groups in total. The number of nitrogens with zero attached hydrogens (tertiary/aromatic N) is 1. The molecule has 0 aromatic heterocycles. The first-order valence-electron chi connectivity index (χ1n) is 7.40. The zero-order valence-corrected chi connectivity index (χ0v) is 12.6. The molecule has 0 radical (unpaired) electrons. The highest BCUT2D eigenvalue weighted by molar-refractivity contribution is 5.50. The van der Waals surface area contributed by atoms with E-state index in [0.29, 0.717) is 5.56 Å². The quantitative estimate of drug-likeness (QED) is 0.908. The molecular formula is C18H21FN2. The van der Waals surface area contributed by atoms with Gasteiger partial charge in [0.1, 0.15) is 5.82 Å². The first-order valence-corrected chi connectivity index (χ1v) is 7.40. The Labute approximate surface area is 125 Å². The average Bonchev–Trinajstić information content (AvgIpc) is 2.51. The molecule has 2 nitrogen and oxygen atoms in total. The molecule has 3 heteroatoms. The lowest BCUT2D eigenvalue weighted by Crippen LogP contribution is -2.56. The maximum Gasteiger partial charge on any atom is 0.126 e. The first kappa shape index (κ1) is 14.1. The Morgan fingerprint density at radius 3 is 2.62 bits per heavy atom. The number of aryl methyl sites for hydroxylation is 1. The zero-order valence-electron chi connectivity index (χ0n) is 12.6. The van der Waals surface area contributed by atoms with E-state index >= 15 is 0 Å². The predicted molar refractivity (Wildman–Crippen MR) is 85.1 cm³/mol. The fourth-order valence-electron chi connectivity index (χ4n) is 3.03. The summed E-state index contributed by atoms with van der Waals surface area (Å²) in [7, 11) is 0. The Morgan fingerprint density at radius 2 is 1.90 bits per heavy atom. The first-order chi connectivity index (χ1) is 10.1. The third-order valence-corrected chi connectivity index (χ3v) is 4.32. The lowest BCUT2D eigenvalue weighted by atomic mass is 9.89. The van der Waals surface area contributed by atoms with Crippen molar-refractivity contribution in [2.24, 2.45) is 0 Å². The van der Waals surface area contributed by atoms with Crippen molar-refractivity contribution in [3.63, 3.8) is 0 Å². The van der Waals surface area contributed by atoms with Gasteiger partial charge in [-0.25, -0.2) is 4.39 Å². The minimum absolute atomic E-state index is 0.0815. The third-order valence-electron chi connectivity index (χ3n) is 4.32. The van der Waals surface area contributed by atoms with Gasteiger partial charge in [0, 0.05) is 25.3 Å². The van der Waals surface area contributed by atoms with E-state index < -0.39 is 0 Å². The fraction of sp³-hybridized carbons (Fsp3) is 0.333. The minimum atomic E-state index is -0.139.